The summed E-state index contributed by atoms with van der Waals surface area (Å²) >= 11 is 0. The molecule has 0 aromatic heterocycles. The lowest BCUT2D eigenvalue weighted by atomic mass is 9.43. The number of hydrogen-bond acceptors (Lipinski definition) is 5. The molecule has 6 heteroatoms. The Morgan fingerprint density at radius 3 is 2.53 bits per heavy atom. The van der Waals surface area contributed by atoms with Gasteiger partial charge in [-0.2, -0.15) is 0 Å². The molecule has 0 bridgehead atoms. The van der Waals surface area contributed by atoms with E-state index in [0.717, 1.165) is 51.4 Å². The third-order valence-corrected chi connectivity index (χ3v) is 10.5. The first-order valence-electron chi connectivity index (χ1n) is 12.2. The third-order valence-electron chi connectivity index (χ3n) is 10.5. The number of hydrogen-bond donors (Lipinski definition) is 5. The van der Waals surface area contributed by atoms with E-state index in [4.69, 9.17) is 5.84 Å². The van der Waals surface area contributed by atoms with Crippen molar-refractivity contribution in [2.45, 2.75) is 96.9 Å². The van der Waals surface area contributed by atoms with E-state index in [0.29, 0.717) is 36.0 Å². The van der Waals surface area contributed by atoms with Crippen molar-refractivity contribution in [2.75, 3.05) is 0 Å². The van der Waals surface area contributed by atoms with Gasteiger partial charge in [0.15, 0.2) is 0 Å². The number of nitrogens with two attached hydrogens (primary N) is 1. The van der Waals surface area contributed by atoms with E-state index in [1.165, 1.54) is 0 Å². The van der Waals surface area contributed by atoms with Crippen LogP contribution in [0.1, 0.15) is 78.6 Å². The minimum absolute atomic E-state index is 0.106. The molecule has 4 aliphatic rings. The fourth-order valence-corrected chi connectivity index (χ4v) is 8.76. The highest BCUT2D eigenvalue weighted by Crippen LogP contribution is 2.68. The number of fused-ring (bicyclic) bond motifs is 5. The average molecular weight is 423 g/mol. The van der Waals surface area contributed by atoms with Crippen molar-refractivity contribution in [3.8, 4) is 0 Å². The average Bonchev–Trinajstić information content (AvgIpc) is 3.06. The molecule has 11 atom stereocenters. The van der Waals surface area contributed by atoms with E-state index in [2.05, 4.69) is 26.2 Å². The Hall–Kier alpha value is -0.690. The second-order valence-electron chi connectivity index (χ2n) is 11.6. The van der Waals surface area contributed by atoms with Gasteiger partial charge in [0.25, 0.3) is 0 Å². The number of aliphatic hydroxyl groups is 3. The first kappa shape index (κ1) is 22.5. The molecule has 4 aliphatic carbocycles. The lowest BCUT2D eigenvalue weighted by Crippen LogP contribution is -2.62. The molecule has 172 valence electrons. The number of carbonyl (C=O) groups excluding carboxylic acids is 1. The van der Waals surface area contributed by atoms with E-state index in [1.807, 2.05) is 0 Å². The number of amides is 1. The Balaban J connectivity index is 1.58. The van der Waals surface area contributed by atoms with Gasteiger partial charge in [0.1, 0.15) is 0 Å². The molecular weight excluding hydrogens is 380 g/mol. The van der Waals surface area contributed by atoms with Crippen LogP contribution in [-0.2, 0) is 4.79 Å². The predicted molar refractivity (Wildman–Crippen MR) is 115 cm³/mol. The highest BCUT2D eigenvalue weighted by molar-refractivity contribution is 5.75. The molecule has 0 spiro atoms. The van der Waals surface area contributed by atoms with Gasteiger partial charge in [-0.1, -0.05) is 20.8 Å². The minimum atomic E-state index is -0.378. The third kappa shape index (κ3) is 3.33. The first-order chi connectivity index (χ1) is 14.1. The largest absolute Gasteiger partial charge is 0.393 e. The van der Waals surface area contributed by atoms with E-state index in [9.17, 15) is 20.1 Å². The maximum absolute atomic E-state index is 11.6. The molecule has 0 aromatic carbocycles. The maximum atomic E-state index is 11.6. The van der Waals surface area contributed by atoms with Crippen molar-refractivity contribution in [2.24, 2.45) is 52.2 Å². The zero-order valence-electron chi connectivity index (χ0n) is 18.9. The van der Waals surface area contributed by atoms with Crippen LogP contribution in [0.15, 0.2) is 0 Å². The van der Waals surface area contributed by atoms with Crippen LogP contribution in [-0.4, -0.2) is 39.5 Å². The SMILES string of the molecule is C[C@H](CCC(=O)NN)[C@H]1CC[C@H]2[C@@H]3[C@H](O)C[C@H]4C[C@@H](O)CC[C@]4(C)[C@H]3C[C@H](O)[C@]12C. The van der Waals surface area contributed by atoms with Gasteiger partial charge in [0, 0.05) is 6.42 Å². The molecule has 0 heterocycles. The number of hydrazine groups is 1. The zero-order valence-corrected chi connectivity index (χ0v) is 18.9. The summed E-state index contributed by atoms with van der Waals surface area (Å²) in [5.41, 5.74) is 2.12. The van der Waals surface area contributed by atoms with Crippen LogP contribution in [0.2, 0.25) is 0 Å². The van der Waals surface area contributed by atoms with Crippen LogP contribution in [0.4, 0.5) is 0 Å². The molecule has 1 amide bonds. The van der Waals surface area contributed by atoms with E-state index in [-0.39, 0.29) is 41.0 Å². The van der Waals surface area contributed by atoms with E-state index in [1.54, 1.807) is 0 Å². The molecule has 4 rings (SSSR count). The summed E-state index contributed by atoms with van der Waals surface area (Å²) in [6.07, 6.45) is 6.50. The van der Waals surface area contributed by atoms with Crippen molar-refractivity contribution in [3.63, 3.8) is 0 Å². The molecule has 0 aromatic rings. The van der Waals surface area contributed by atoms with E-state index >= 15 is 0 Å². The van der Waals surface area contributed by atoms with Crippen molar-refractivity contribution in [1.82, 2.24) is 5.43 Å². The summed E-state index contributed by atoms with van der Waals surface area (Å²) in [7, 11) is 0. The smallest absolute Gasteiger partial charge is 0.233 e. The topological polar surface area (TPSA) is 116 Å². The molecule has 6 nitrogen and oxygen atoms in total. The van der Waals surface area contributed by atoms with Crippen LogP contribution in [0.3, 0.4) is 0 Å². The Bertz CT molecular complexity index is 659. The van der Waals surface area contributed by atoms with Crippen LogP contribution >= 0.6 is 0 Å². The van der Waals surface area contributed by atoms with Gasteiger partial charge in [-0.05, 0) is 97.7 Å². The summed E-state index contributed by atoms with van der Waals surface area (Å²) in [5, 5.41) is 33.1. The molecule has 0 aliphatic heterocycles. The lowest BCUT2D eigenvalue weighted by Gasteiger charge is -2.63. The second kappa shape index (κ2) is 8.02. The van der Waals surface area contributed by atoms with Crippen LogP contribution in [0.25, 0.3) is 0 Å². The first-order valence-corrected chi connectivity index (χ1v) is 12.2. The maximum Gasteiger partial charge on any atom is 0.233 e. The minimum Gasteiger partial charge on any atom is -0.393 e. The molecule has 0 unspecified atom stereocenters. The number of aliphatic hydroxyl groups excluding tert-OH is 3. The van der Waals surface area contributed by atoms with Crippen LogP contribution < -0.4 is 11.3 Å². The van der Waals surface area contributed by atoms with Gasteiger partial charge in [0.05, 0.1) is 18.3 Å². The number of nitrogens with one attached hydrogen (secondary N) is 1. The van der Waals surface area contributed by atoms with Gasteiger partial charge in [-0.3, -0.25) is 10.2 Å². The quantitative estimate of drug-likeness (QED) is 0.271. The van der Waals surface area contributed by atoms with Gasteiger partial charge in [0.2, 0.25) is 5.91 Å². The lowest BCUT2D eigenvalue weighted by molar-refractivity contribution is -0.207. The Kier molecular flexibility index (Phi) is 6.02. The molecule has 0 saturated heterocycles. The number of carbonyl (C=O) groups is 1. The highest BCUT2D eigenvalue weighted by Gasteiger charge is 2.65. The standard InChI is InChI=1S/C24H42N2O4/c1-13(4-7-21(30)26-25)16-5-6-17-22-18(12-20(29)24(16,17)3)23(2)9-8-15(27)10-14(23)11-19(22)28/h13-20,22,27-29H,4-12,25H2,1-3H3,(H,26,30)/t13-,14-,15+,16-,17+,18+,19-,20+,22+,23+,24-/m1/s1. The summed E-state index contributed by atoms with van der Waals surface area (Å²) in [6, 6.07) is 0. The summed E-state index contributed by atoms with van der Waals surface area (Å²) in [5.74, 6) is 7.03. The molecule has 30 heavy (non-hydrogen) atoms. The van der Waals surface area contributed by atoms with Crippen LogP contribution in [0.5, 0.6) is 0 Å². The molecule has 0 radical (unpaired) electrons. The molecule has 6 N–H and O–H groups in total. The van der Waals surface area contributed by atoms with Crippen molar-refractivity contribution in [3.05, 3.63) is 0 Å². The predicted octanol–water partition coefficient (Wildman–Crippen LogP) is 2.35. The van der Waals surface area contributed by atoms with Crippen LogP contribution in [0, 0.1) is 46.3 Å². The van der Waals surface area contributed by atoms with Gasteiger partial charge < -0.3 is 15.3 Å². The fraction of sp³-hybridized carbons (Fsp3) is 0.958. The Morgan fingerprint density at radius 2 is 1.83 bits per heavy atom. The number of rotatable bonds is 4. The summed E-state index contributed by atoms with van der Waals surface area (Å²) in [4.78, 5) is 11.6. The molecule has 4 saturated carbocycles. The Labute approximate surface area is 181 Å². The van der Waals surface area contributed by atoms with E-state index < -0.39 is 0 Å². The van der Waals surface area contributed by atoms with Crippen molar-refractivity contribution < 1.29 is 20.1 Å². The van der Waals surface area contributed by atoms with Crippen molar-refractivity contribution >= 4 is 5.91 Å². The zero-order chi connectivity index (χ0) is 21.8. The monoisotopic (exact) mass is 422 g/mol. The van der Waals surface area contributed by atoms with Gasteiger partial charge in [-0.15, -0.1) is 0 Å². The molecular formula is C24H42N2O4. The normalized spacial score (nSPS) is 51.4. The molecule has 4 fully saturated rings. The van der Waals surface area contributed by atoms with Gasteiger partial charge >= 0.3 is 0 Å². The van der Waals surface area contributed by atoms with Gasteiger partial charge in [-0.25, -0.2) is 5.84 Å². The fourth-order valence-electron chi connectivity index (χ4n) is 8.76. The Morgan fingerprint density at radius 1 is 1.10 bits per heavy atom. The summed E-state index contributed by atoms with van der Waals surface area (Å²) < 4.78 is 0. The van der Waals surface area contributed by atoms with Crippen molar-refractivity contribution in [1.29, 1.82) is 0 Å². The second-order valence-corrected chi connectivity index (χ2v) is 11.6. The highest BCUT2D eigenvalue weighted by atomic mass is 16.3. The summed E-state index contributed by atoms with van der Waals surface area (Å²) in [6.45, 7) is 6.82.